The number of likely N-dealkylation sites (N-methyl/N-ethyl adjacent to an activating group) is 1. The molecule has 2 aromatic rings. The predicted molar refractivity (Wildman–Crippen MR) is 90.9 cm³/mol. The van der Waals surface area contributed by atoms with E-state index in [1.807, 2.05) is 49.3 Å². The van der Waals surface area contributed by atoms with E-state index >= 15 is 0 Å². The summed E-state index contributed by atoms with van der Waals surface area (Å²) >= 11 is 1.13. The van der Waals surface area contributed by atoms with Gasteiger partial charge in [-0.25, -0.2) is 4.79 Å². The quantitative estimate of drug-likeness (QED) is 0.826. The van der Waals surface area contributed by atoms with E-state index in [4.69, 9.17) is 0 Å². The van der Waals surface area contributed by atoms with Crippen LogP contribution in [0, 0.1) is 0 Å². The van der Waals surface area contributed by atoms with Crippen LogP contribution >= 0.6 is 11.3 Å². The molecule has 0 spiro atoms. The van der Waals surface area contributed by atoms with Gasteiger partial charge in [0, 0.05) is 6.54 Å². The first-order valence-electron chi connectivity index (χ1n) is 7.20. The van der Waals surface area contributed by atoms with E-state index in [1.165, 1.54) is 7.11 Å². The molecule has 1 amide bonds. The molecule has 1 unspecified atom stereocenters. The zero-order valence-corrected chi connectivity index (χ0v) is 14.2. The number of thiophene rings is 1. The molecule has 0 bridgehead atoms. The number of benzene rings is 1. The van der Waals surface area contributed by atoms with Gasteiger partial charge < -0.3 is 15.0 Å². The molecular formula is C17H20N2O3S. The smallest absolute Gasteiger partial charge is 0.348 e. The van der Waals surface area contributed by atoms with Crippen LogP contribution in [-0.2, 0) is 4.74 Å². The molecule has 1 aromatic carbocycles. The molecule has 23 heavy (non-hydrogen) atoms. The maximum atomic E-state index is 12.5. The third kappa shape index (κ3) is 4.64. The number of hydrogen-bond acceptors (Lipinski definition) is 5. The SMILES string of the molecule is COC(=O)c1ccc(C(=O)NC(CN(C)C)c2ccccc2)s1. The van der Waals surface area contributed by atoms with Crippen LogP contribution in [0.5, 0.6) is 0 Å². The van der Waals surface area contributed by atoms with Crippen LogP contribution in [-0.4, -0.2) is 44.5 Å². The fourth-order valence-electron chi connectivity index (χ4n) is 2.18. The van der Waals surface area contributed by atoms with E-state index in [1.54, 1.807) is 12.1 Å². The topological polar surface area (TPSA) is 58.6 Å². The molecule has 0 fully saturated rings. The van der Waals surface area contributed by atoms with Gasteiger partial charge in [0.15, 0.2) is 0 Å². The summed E-state index contributed by atoms with van der Waals surface area (Å²) in [5.74, 6) is -0.622. The molecule has 5 nitrogen and oxygen atoms in total. The van der Waals surface area contributed by atoms with E-state index < -0.39 is 5.97 Å². The Kier molecular flexibility index (Phi) is 5.90. The van der Waals surface area contributed by atoms with Crippen molar-refractivity contribution < 1.29 is 14.3 Å². The number of nitrogens with zero attached hydrogens (tertiary/aromatic N) is 1. The molecule has 1 aromatic heterocycles. The van der Waals surface area contributed by atoms with Crippen molar-refractivity contribution in [2.75, 3.05) is 27.7 Å². The summed E-state index contributed by atoms with van der Waals surface area (Å²) in [4.78, 5) is 26.9. The van der Waals surface area contributed by atoms with Crippen LogP contribution in [0.1, 0.15) is 30.9 Å². The van der Waals surface area contributed by atoms with Gasteiger partial charge in [0.1, 0.15) is 4.88 Å². The minimum Gasteiger partial charge on any atom is -0.465 e. The first-order valence-corrected chi connectivity index (χ1v) is 8.01. The number of ether oxygens (including phenoxy) is 1. The van der Waals surface area contributed by atoms with Crippen LogP contribution < -0.4 is 5.32 Å². The lowest BCUT2D eigenvalue weighted by atomic mass is 10.1. The maximum absolute atomic E-state index is 12.5. The van der Waals surface area contributed by atoms with Crippen molar-refractivity contribution in [3.8, 4) is 0 Å². The molecule has 1 atom stereocenters. The zero-order valence-electron chi connectivity index (χ0n) is 13.4. The number of hydrogen-bond donors (Lipinski definition) is 1. The normalized spacial score (nSPS) is 12.0. The third-order valence-electron chi connectivity index (χ3n) is 3.27. The van der Waals surface area contributed by atoms with E-state index in [0.717, 1.165) is 16.9 Å². The molecule has 2 rings (SSSR count). The minimum atomic E-state index is -0.429. The summed E-state index contributed by atoms with van der Waals surface area (Å²) in [5.41, 5.74) is 1.04. The number of carbonyl (C=O) groups is 2. The molecule has 0 saturated carbocycles. The Balaban J connectivity index is 2.14. The van der Waals surface area contributed by atoms with E-state index in [9.17, 15) is 9.59 Å². The summed E-state index contributed by atoms with van der Waals surface area (Å²) in [6, 6.07) is 12.9. The highest BCUT2D eigenvalue weighted by Gasteiger charge is 2.19. The Labute approximate surface area is 139 Å². The lowest BCUT2D eigenvalue weighted by Crippen LogP contribution is -2.34. The van der Waals surface area contributed by atoms with Crippen molar-refractivity contribution in [3.05, 3.63) is 57.8 Å². The fraction of sp³-hybridized carbons (Fsp3) is 0.294. The van der Waals surface area contributed by atoms with E-state index in [0.29, 0.717) is 16.3 Å². The van der Waals surface area contributed by atoms with Gasteiger partial charge >= 0.3 is 5.97 Å². The van der Waals surface area contributed by atoms with Crippen LogP contribution in [0.3, 0.4) is 0 Å². The summed E-state index contributed by atoms with van der Waals surface area (Å²) < 4.78 is 4.67. The molecule has 122 valence electrons. The van der Waals surface area contributed by atoms with Crippen LogP contribution in [0.15, 0.2) is 42.5 Å². The third-order valence-corrected chi connectivity index (χ3v) is 4.34. The van der Waals surface area contributed by atoms with Crippen molar-refractivity contribution >= 4 is 23.2 Å². The molecule has 0 aliphatic carbocycles. The van der Waals surface area contributed by atoms with Gasteiger partial charge in [-0.2, -0.15) is 0 Å². The fourth-order valence-corrected chi connectivity index (χ4v) is 3.01. The highest BCUT2D eigenvalue weighted by Crippen LogP contribution is 2.20. The lowest BCUT2D eigenvalue weighted by molar-refractivity contribution is 0.0606. The first kappa shape index (κ1) is 17.2. The number of methoxy groups -OCH3 is 1. The Morgan fingerprint density at radius 1 is 1.13 bits per heavy atom. The number of rotatable bonds is 6. The highest BCUT2D eigenvalue weighted by atomic mass is 32.1. The Morgan fingerprint density at radius 2 is 1.78 bits per heavy atom. The van der Waals surface area contributed by atoms with Crippen LogP contribution in [0.2, 0.25) is 0 Å². The first-order chi connectivity index (χ1) is 11.0. The van der Waals surface area contributed by atoms with Gasteiger partial charge in [0.25, 0.3) is 5.91 Å². The molecule has 0 aliphatic rings. The number of esters is 1. The molecule has 6 heteroatoms. The van der Waals surface area contributed by atoms with Crippen molar-refractivity contribution in [1.29, 1.82) is 0 Å². The largest absolute Gasteiger partial charge is 0.465 e. The van der Waals surface area contributed by atoms with Crippen molar-refractivity contribution in [1.82, 2.24) is 10.2 Å². The average Bonchev–Trinajstić information content (AvgIpc) is 3.04. The molecular weight excluding hydrogens is 312 g/mol. The van der Waals surface area contributed by atoms with Crippen molar-refractivity contribution in [3.63, 3.8) is 0 Å². The molecule has 0 radical (unpaired) electrons. The number of carbonyl (C=O) groups excluding carboxylic acids is 2. The highest BCUT2D eigenvalue weighted by molar-refractivity contribution is 7.15. The summed E-state index contributed by atoms with van der Waals surface area (Å²) in [6.07, 6.45) is 0. The molecule has 1 N–H and O–H groups in total. The van der Waals surface area contributed by atoms with Gasteiger partial charge in [-0.3, -0.25) is 4.79 Å². The minimum absolute atomic E-state index is 0.123. The summed E-state index contributed by atoms with van der Waals surface area (Å²) in [7, 11) is 5.25. The lowest BCUT2D eigenvalue weighted by Gasteiger charge is -2.22. The predicted octanol–water partition coefficient (Wildman–Crippen LogP) is 2.57. The van der Waals surface area contributed by atoms with Gasteiger partial charge in [-0.1, -0.05) is 30.3 Å². The molecule has 0 aliphatic heterocycles. The number of amides is 1. The average molecular weight is 332 g/mol. The summed E-state index contributed by atoms with van der Waals surface area (Å²) in [6.45, 7) is 0.686. The Hall–Kier alpha value is -2.18. The second-order valence-electron chi connectivity index (χ2n) is 5.35. The van der Waals surface area contributed by atoms with Crippen LogP contribution in [0.25, 0.3) is 0 Å². The maximum Gasteiger partial charge on any atom is 0.348 e. The second-order valence-corrected chi connectivity index (χ2v) is 6.44. The van der Waals surface area contributed by atoms with E-state index in [-0.39, 0.29) is 11.9 Å². The Morgan fingerprint density at radius 3 is 2.39 bits per heavy atom. The summed E-state index contributed by atoms with van der Waals surface area (Å²) in [5, 5.41) is 3.03. The van der Waals surface area contributed by atoms with Gasteiger partial charge in [0.2, 0.25) is 0 Å². The van der Waals surface area contributed by atoms with Crippen molar-refractivity contribution in [2.24, 2.45) is 0 Å². The number of nitrogens with one attached hydrogen (secondary N) is 1. The molecule has 0 saturated heterocycles. The monoisotopic (exact) mass is 332 g/mol. The van der Waals surface area contributed by atoms with Gasteiger partial charge in [-0.05, 0) is 31.8 Å². The van der Waals surface area contributed by atoms with E-state index in [2.05, 4.69) is 10.1 Å². The van der Waals surface area contributed by atoms with Gasteiger partial charge in [0.05, 0.1) is 18.0 Å². The standard InChI is InChI=1S/C17H20N2O3S/c1-19(2)11-13(12-7-5-4-6-8-12)18-16(20)14-9-10-15(23-14)17(21)22-3/h4-10,13H,11H2,1-3H3,(H,18,20). The van der Waals surface area contributed by atoms with Crippen molar-refractivity contribution in [2.45, 2.75) is 6.04 Å². The zero-order chi connectivity index (χ0) is 16.8. The van der Waals surface area contributed by atoms with Gasteiger partial charge in [-0.15, -0.1) is 11.3 Å². The second kappa shape index (κ2) is 7.89. The van der Waals surface area contributed by atoms with Crippen LogP contribution in [0.4, 0.5) is 0 Å². The molecule has 1 heterocycles. The Bertz CT molecular complexity index is 667.